The SMILES string of the molecule is COc1cccc(OC)c1NC(=O)Cc1c(-c2ccccc2)c2cc(C)ccc2n(C)c1=O. The van der Waals surface area contributed by atoms with E-state index in [1.807, 2.05) is 49.4 Å². The van der Waals surface area contributed by atoms with Gasteiger partial charge in [0.25, 0.3) is 5.56 Å². The number of carbonyl (C=O) groups is 1. The van der Waals surface area contributed by atoms with E-state index in [2.05, 4.69) is 11.4 Å². The van der Waals surface area contributed by atoms with Crippen LogP contribution in [0.25, 0.3) is 22.0 Å². The molecule has 0 unspecified atom stereocenters. The topological polar surface area (TPSA) is 69.6 Å². The molecule has 0 saturated heterocycles. The number of nitrogens with zero attached hydrogens (tertiary/aromatic N) is 1. The van der Waals surface area contributed by atoms with Crippen molar-refractivity contribution in [3.05, 3.63) is 88.2 Å². The maximum atomic E-state index is 13.4. The molecule has 6 heteroatoms. The van der Waals surface area contributed by atoms with Gasteiger partial charge in [-0.25, -0.2) is 0 Å². The van der Waals surface area contributed by atoms with Gasteiger partial charge in [-0.05, 0) is 36.8 Å². The fraction of sp³-hybridized carbons (Fsp3) is 0.185. The third-order valence-electron chi connectivity index (χ3n) is 5.74. The second-order valence-electron chi connectivity index (χ2n) is 7.87. The van der Waals surface area contributed by atoms with Crippen LogP contribution in [0.3, 0.4) is 0 Å². The van der Waals surface area contributed by atoms with Gasteiger partial charge in [-0.15, -0.1) is 0 Å². The Labute approximate surface area is 192 Å². The number of amides is 1. The van der Waals surface area contributed by atoms with Gasteiger partial charge in [0.15, 0.2) is 0 Å². The van der Waals surface area contributed by atoms with Crippen molar-refractivity contribution in [3.8, 4) is 22.6 Å². The normalized spacial score (nSPS) is 10.8. The Hall–Kier alpha value is -4.06. The first-order valence-corrected chi connectivity index (χ1v) is 10.6. The fourth-order valence-corrected chi connectivity index (χ4v) is 4.14. The molecular weight excluding hydrogens is 416 g/mol. The molecule has 0 aliphatic carbocycles. The van der Waals surface area contributed by atoms with Gasteiger partial charge in [-0.3, -0.25) is 9.59 Å². The van der Waals surface area contributed by atoms with E-state index in [0.29, 0.717) is 22.7 Å². The first-order valence-electron chi connectivity index (χ1n) is 10.6. The first kappa shape index (κ1) is 22.1. The van der Waals surface area contributed by atoms with Crippen molar-refractivity contribution in [2.45, 2.75) is 13.3 Å². The van der Waals surface area contributed by atoms with Gasteiger partial charge < -0.3 is 19.4 Å². The van der Waals surface area contributed by atoms with Gasteiger partial charge in [-0.1, -0.05) is 48.0 Å². The van der Waals surface area contributed by atoms with Crippen LogP contribution in [-0.2, 0) is 18.3 Å². The van der Waals surface area contributed by atoms with Crippen LogP contribution in [0.15, 0.2) is 71.5 Å². The zero-order chi connectivity index (χ0) is 23.5. The van der Waals surface area contributed by atoms with Gasteiger partial charge in [0, 0.05) is 23.6 Å². The molecule has 168 valence electrons. The molecular formula is C27H26N2O4. The predicted molar refractivity (Wildman–Crippen MR) is 131 cm³/mol. The van der Waals surface area contributed by atoms with Crippen LogP contribution in [0.4, 0.5) is 5.69 Å². The van der Waals surface area contributed by atoms with Gasteiger partial charge in [0.05, 0.1) is 26.2 Å². The minimum absolute atomic E-state index is 0.0953. The third kappa shape index (κ3) is 4.20. The molecule has 4 rings (SSSR count). The molecule has 0 bridgehead atoms. The van der Waals surface area contributed by atoms with Crippen LogP contribution in [0.1, 0.15) is 11.1 Å². The van der Waals surface area contributed by atoms with Crippen LogP contribution in [0.2, 0.25) is 0 Å². The summed E-state index contributed by atoms with van der Waals surface area (Å²) in [5, 5.41) is 3.81. The van der Waals surface area contributed by atoms with Crippen molar-refractivity contribution in [2.24, 2.45) is 7.05 Å². The largest absolute Gasteiger partial charge is 0.494 e. The lowest BCUT2D eigenvalue weighted by Crippen LogP contribution is -2.27. The average Bonchev–Trinajstić information content (AvgIpc) is 2.83. The summed E-state index contributed by atoms with van der Waals surface area (Å²) in [6, 6.07) is 21.0. The molecule has 1 aromatic heterocycles. The number of carbonyl (C=O) groups excluding carboxylic acids is 1. The highest BCUT2D eigenvalue weighted by atomic mass is 16.5. The zero-order valence-corrected chi connectivity index (χ0v) is 19.1. The number of para-hydroxylation sites is 1. The highest BCUT2D eigenvalue weighted by molar-refractivity contribution is 6.01. The number of fused-ring (bicyclic) bond motifs is 1. The van der Waals surface area contributed by atoms with Crippen molar-refractivity contribution in [3.63, 3.8) is 0 Å². The molecule has 0 atom stereocenters. The van der Waals surface area contributed by atoms with Gasteiger partial charge >= 0.3 is 0 Å². The number of anilines is 1. The number of rotatable bonds is 6. The Balaban J connectivity index is 1.86. The lowest BCUT2D eigenvalue weighted by Gasteiger charge is -2.18. The van der Waals surface area contributed by atoms with Gasteiger partial charge in [0.2, 0.25) is 5.91 Å². The molecule has 0 fully saturated rings. The van der Waals surface area contributed by atoms with Crippen LogP contribution < -0.4 is 20.3 Å². The molecule has 0 aliphatic heterocycles. The molecule has 1 amide bonds. The Bertz CT molecular complexity index is 1370. The number of hydrogen-bond acceptors (Lipinski definition) is 4. The van der Waals surface area contributed by atoms with E-state index in [9.17, 15) is 9.59 Å². The molecule has 0 saturated carbocycles. The van der Waals surface area contributed by atoms with Gasteiger partial charge in [-0.2, -0.15) is 0 Å². The molecule has 4 aromatic rings. The summed E-state index contributed by atoms with van der Waals surface area (Å²) < 4.78 is 12.4. The molecule has 3 aromatic carbocycles. The number of pyridine rings is 1. The fourth-order valence-electron chi connectivity index (χ4n) is 4.14. The maximum absolute atomic E-state index is 13.4. The summed E-state index contributed by atoms with van der Waals surface area (Å²) >= 11 is 0. The molecule has 1 N–H and O–H groups in total. The molecule has 0 spiro atoms. The smallest absolute Gasteiger partial charge is 0.255 e. The van der Waals surface area contributed by atoms with Crippen molar-refractivity contribution in [1.29, 1.82) is 0 Å². The minimum Gasteiger partial charge on any atom is -0.494 e. The van der Waals surface area contributed by atoms with Crippen molar-refractivity contribution < 1.29 is 14.3 Å². The number of ether oxygens (including phenoxy) is 2. The van der Waals surface area contributed by atoms with E-state index in [-0.39, 0.29) is 17.9 Å². The Kier molecular flexibility index (Phi) is 6.18. The van der Waals surface area contributed by atoms with Crippen LogP contribution in [-0.4, -0.2) is 24.7 Å². The average molecular weight is 443 g/mol. The summed E-state index contributed by atoms with van der Waals surface area (Å²) in [5.74, 6) is 0.625. The van der Waals surface area contributed by atoms with E-state index in [1.165, 1.54) is 14.2 Å². The number of methoxy groups -OCH3 is 2. The van der Waals surface area contributed by atoms with Crippen molar-refractivity contribution >= 4 is 22.5 Å². The number of nitrogens with one attached hydrogen (secondary N) is 1. The number of benzene rings is 3. The Morgan fingerprint density at radius 1 is 0.939 bits per heavy atom. The monoisotopic (exact) mass is 442 g/mol. The lowest BCUT2D eigenvalue weighted by molar-refractivity contribution is -0.115. The molecule has 1 heterocycles. The van der Waals surface area contributed by atoms with E-state index in [1.54, 1.807) is 29.8 Å². The predicted octanol–water partition coefficient (Wildman–Crippen LogP) is 4.71. The molecule has 0 aliphatic rings. The standard InChI is InChI=1S/C27H26N2O4/c1-17-13-14-21-19(15-17)25(18-9-6-5-7-10-18)20(27(31)29(21)2)16-24(30)28-26-22(32-3)11-8-12-23(26)33-4/h5-15H,16H2,1-4H3,(H,28,30). The summed E-state index contributed by atoms with van der Waals surface area (Å²) in [4.78, 5) is 26.6. The van der Waals surface area contributed by atoms with Crippen molar-refractivity contribution in [1.82, 2.24) is 4.57 Å². The molecule has 0 radical (unpaired) electrons. The summed E-state index contributed by atoms with van der Waals surface area (Å²) in [6.45, 7) is 2.01. The second-order valence-corrected chi connectivity index (χ2v) is 7.87. The third-order valence-corrected chi connectivity index (χ3v) is 5.74. The molecule has 6 nitrogen and oxygen atoms in total. The van der Waals surface area contributed by atoms with E-state index in [4.69, 9.17) is 9.47 Å². The minimum atomic E-state index is -0.334. The zero-order valence-electron chi connectivity index (χ0n) is 19.1. The van der Waals surface area contributed by atoms with E-state index in [0.717, 1.165) is 27.6 Å². The van der Waals surface area contributed by atoms with Crippen LogP contribution >= 0.6 is 0 Å². The summed E-state index contributed by atoms with van der Waals surface area (Å²) in [5.41, 5.74) is 4.23. The van der Waals surface area contributed by atoms with Crippen LogP contribution in [0.5, 0.6) is 11.5 Å². The van der Waals surface area contributed by atoms with E-state index < -0.39 is 0 Å². The molecule has 33 heavy (non-hydrogen) atoms. The van der Waals surface area contributed by atoms with Crippen LogP contribution in [0, 0.1) is 6.92 Å². The van der Waals surface area contributed by atoms with E-state index >= 15 is 0 Å². The number of hydrogen-bond donors (Lipinski definition) is 1. The Morgan fingerprint density at radius 3 is 2.24 bits per heavy atom. The maximum Gasteiger partial charge on any atom is 0.255 e. The highest BCUT2D eigenvalue weighted by Crippen LogP contribution is 2.35. The highest BCUT2D eigenvalue weighted by Gasteiger charge is 2.21. The second kappa shape index (κ2) is 9.20. The quantitative estimate of drug-likeness (QED) is 0.469. The van der Waals surface area contributed by atoms with Crippen molar-refractivity contribution in [2.75, 3.05) is 19.5 Å². The summed E-state index contributed by atoms with van der Waals surface area (Å²) in [7, 11) is 4.79. The Morgan fingerprint density at radius 2 is 1.61 bits per heavy atom. The first-order chi connectivity index (χ1) is 15.9. The number of aromatic nitrogens is 1. The lowest BCUT2D eigenvalue weighted by atomic mass is 9.93. The summed E-state index contributed by atoms with van der Waals surface area (Å²) in [6.07, 6.45) is -0.0953. The number of aryl methyl sites for hydroxylation is 2. The van der Waals surface area contributed by atoms with Gasteiger partial charge in [0.1, 0.15) is 17.2 Å².